The first-order chi connectivity index (χ1) is 15.1. The van der Waals surface area contributed by atoms with E-state index in [1.54, 1.807) is 12.4 Å². The Morgan fingerprint density at radius 3 is 2.45 bits per heavy atom. The maximum Gasteiger partial charge on any atom is 0.188 e. The largest absolute Gasteiger partial charge is 0.475 e. The monoisotopic (exact) mass is 408 g/mol. The second-order valence-electron chi connectivity index (χ2n) is 8.11. The summed E-state index contributed by atoms with van der Waals surface area (Å²) in [5, 5.41) is 0. The molecule has 3 aromatic carbocycles. The lowest BCUT2D eigenvalue weighted by atomic mass is 9.78. The molecule has 0 amide bonds. The van der Waals surface area contributed by atoms with E-state index in [0.29, 0.717) is 6.42 Å². The molecule has 4 aromatic rings. The topological polar surface area (TPSA) is 55.0 Å². The Morgan fingerprint density at radius 1 is 1.00 bits per heavy atom. The van der Waals surface area contributed by atoms with E-state index in [1.807, 2.05) is 61.5 Å². The zero-order chi connectivity index (χ0) is 21.3. The summed E-state index contributed by atoms with van der Waals surface area (Å²) in [6.45, 7) is 2.01. The van der Waals surface area contributed by atoms with Crippen LogP contribution in [0.3, 0.4) is 0 Å². The highest BCUT2D eigenvalue weighted by molar-refractivity contribution is 5.99. The highest BCUT2D eigenvalue weighted by Crippen LogP contribution is 2.40. The van der Waals surface area contributed by atoms with Gasteiger partial charge in [0.1, 0.15) is 5.75 Å². The minimum Gasteiger partial charge on any atom is -0.475 e. The molecule has 0 aliphatic heterocycles. The van der Waals surface area contributed by atoms with Crippen molar-refractivity contribution in [3.63, 3.8) is 0 Å². The minimum atomic E-state index is -0.792. The fourth-order valence-corrected chi connectivity index (χ4v) is 4.51. The van der Waals surface area contributed by atoms with Crippen LogP contribution < -0.4 is 4.74 Å². The first-order valence-corrected chi connectivity index (χ1v) is 10.6. The summed E-state index contributed by atoms with van der Waals surface area (Å²) in [4.78, 5) is 20.3. The van der Waals surface area contributed by atoms with Crippen molar-refractivity contribution in [1.82, 2.24) is 9.97 Å². The third-order valence-corrected chi connectivity index (χ3v) is 6.16. The summed E-state index contributed by atoms with van der Waals surface area (Å²) in [6.07, 6.45) is 4.92. The standard InChI is InChI=1S/C27H24N2O2/c1-27(26-28-16-17-29-26,20-10-6-3-7-11-20)31-21-12-13-23-24(18-21)22(14-15-25(23)30)19-8-4-2-5-9-19/h2-13,16-18,22H,14-15H2,1H3,(H,28,29)/t22?,27-/m0/s1. The van der Waals surface area contributed by atoms with E-state index in [4.69, 9.17) is 4.74 Å². The maximum atomic E-state index is 12.6. The number of ketones is 1. The molecule has 1 heterocycles. The number of carbonyl (C=O) groups excluding carboxylic acids is 1. The van der Waals surface area contributed by atoms with Gasteiger partial charge in [-0.15, -0.1) is 0 Å². The van der Waals surface area contributed by atoms with Crippen LogP contribution in [-0.2, 0) is 5.60 Å². The molecule has 0 bridgehead atoms. The number of nitrogens with one attached hydrogen (secondary N) is 1. The fraction of sp³-hybridized carbons (Fsp3) is 0.185. The highest BCUT2D eigenvalue weighted by Gasteiger charge is 2.35. The molecule has 0 saturated carbocycles. The van der Waals surface area contributed by atoms with Crippen molar-refractivity contribution in [2.75, 3.05) is 0 Å². The third-order valence-electron chi connectivity index (χ3n) is 6.16. The predicted molar refractivity (Wildman–Crippen MR) is 120 cm³/mol. The number of aromatic nitrogens is 2. The minimum absolute atomic E-state index is 0.184. The van der Waals surface area contributed by atoms with Crippen molar-refractivity contribution in [2.45, 2.75) is 31.3 Å². The molecule has 4 nitrogen and oxygen atoms in total. The second kappa shape index (κ2) is 7.88. The Bertz CT molecular complexity index is 1190. The van der Waals surface area contributed by atoms with Crippen LogP contribution >= 0.6 is 0 Å². The van der Waals surface area contributed by atoms with Gasteiger partial charge in [-0.05, 0) is 42.7 Å². The molecule has 0 fully saturated rings. The number of carbonyl (C=O) groups is 1. The second-order valence-corrected chi connectivity index (χ2v) is 8.11. The van der Waals surface area contributed by atoms with Crippen molar-refractivity contribution in [3.8, 4) is 5.75 Å². The van der Waals surface area contributed by atoms with Gasteiger partial charge in [0.15, 0.2) is 17.2 Å². The van der Waals surface area contributed by atoms with Crippen LogP contribution in [0.25, 0.3) is 0 Å². The highest BCUT2D eigenvalue weighted by atomic mass is 16.5. The summed E-state index contributed by atoms with van der Waals surface area (Å²) >= 11 is 0. The van der Waals surface area contributed by atoms with Crippen molar-refractivity contribution in [2.24, 2.45) is 0 Å². The van der Waals surface area contributed by atoms with Crippen molar-refractivity contribution >= 4 is 5.78 Å². The molecule has 0 radical (unpaired) electrons. The molecular formula is C27H24N2O2. The third kappa shape index (κ3) is 3.55. The number of hydrogen-bond donors (Lipinski definition) is 1. The summed E-state index contributed by atoms with van der Waals surface area (Å²) in [5.74, 6) is 1.83. The van der Waals surface area contributed by atoms with Gasteiger partial charge in [-0.2, -0.15) is 0 Å². The van der Waals surface area contributed by atoms with Crippen molar-refractivity contribution in [3.05, 3.63) is 119 Å². The Hall–Kier alpha value is -3.66. The van der Waals surface area contributed by atoms with E-state index in [9.17, 15) is 4.79 Å². The number of hydrogen-bond acceptors (Lipinski definition) is 3. The van der Waals surface area contributed by atoms with Crippen LogP contribution in [0.2, 0.25) is 0 Å². The average Bonchev–Trinajstić information content (AvgIpc) is 3.36. The van der Waals surface area contributed by atoms with Crippen LogP contribution in [0.5, 0.6) is 5.75 Å². The Morgan fingerprint density at radius 2 is 1.74 bits per heavy atom. The van der Waals surface area contributed by atoms with Gasteiger partial charge in [0.25, 0.3) is 0 Å². The summed E-state index contributed by atoms with van der Waals surface area (Å²) in [6, 6.07) is 26.3. The number of rotatable bonds is 5. The molecule has 0 saturated heterocycles. The van der Waals surface area contributed by atoms with E-state index in [-0.39, 0.29) is 11.7 Å². The maximum absolute atomic E-state index is 12.6. The number of H-pyrrole nitrogens is 1. The summed E-state index contributed by atoms with van der Waals surface area (Å²) in [5.41, 5.74) is 3.27. The lowest BCUT2D eigenvalue weighted by Crippen LogP contribution is -2.32. The molecule has 31 heavy (non-hydrogen) atoms. The normalized spacial score (nSPS) is 17.6. The number of imidazole rings is 1. The molecule has 5 rings (SSSR count). The van der Waals surface area contributed by atoms with Gasteiger partial charge in [-0.3, -0.25) is 4.79 Å². The quantitative estimate of drug-likeness (QED) is 0.450. The van der Waals surface area contributed by atoms with Gasteiger partial charge in [-0.1, -0.05) is 60.7 Å². The molecule has 4 heteroatoms. The summed E-state index contributed by atoms with van der Waals surface area (Å²) in [7, 11) is 0. The first-order valence-electron chi connectivity index (χ1n) is 10.6. The molecule has 2 atom stereocenters. The molecule has 1 unspecified atom stereocenters. The molecule has 1 aromatic heterocycles. The SMILES string of the molecule is C[C@](Oc1ccc2c(c1)C(c1ccccc1)CCC2=O)(c1ccccc1)c1ncc[nH]1. The van der Waals surface area contributed by atoms with E-state index in [1.165, 1.54) is 5.56 Å². The van der Waals surface area contributed by atoms with Gasteiger partial charge in [0, 0.05) is 35.9 Å². The number of Topliss-reactive ketones (excluding diaryl/α,β-unsaturated/α-hetero) is 1. The van der Waals surface area contributed by atoms with E-state index < -0.39 is 5.60 Å². The van der Waals surface area contributed by atoms with Gasteiger partial charge >= 0.3 is 0 Å². The van der Waals surface area contributed by atoms with Crippen LogP contribution in [0.4, 0.5) is 0 Å². The Balaban J connectivity index is 1.57. The van der Waals surface area contributed by atoms with Crippen LogP contribution in [0.15, 0.2) is 91.3 Å². The lowest BCUT2D eigenvalue weighted by Gasteiger charge is -2.31. The Kier molecular flexibility index (Phi) is 4.91. The molecular weight excluding hydrogens is 384 g/mol. The van der Waals surface area contributed by atoms with Crippen molar-refractivity contribution < 1.29 is 9.53 Å². The predicted octanol–water partition coefficient (Wildman–Crippen LogP) is 5.86. The lowest BCUT2D eigenvalue weighted by molar-refractivity contribution is 0.0968. The molecule has 0 spiro atoms. The van der Waals surface area contributed by atoms with Gasteiger partial charge in [-0.25, -0.2) is 4.98 Å². The zero-order valence-electron chi connectivity index (χ0n) is 17.4. The smallest absolute Gasteiger partial charge is 0.188 e. The van der Waals surface area contributed by atoms with Crippen LogP contribution in [0.1, 0.15) is 58.6 Å². The van der Waals surface area contributed by atoms with Gasteiger partial charge in [0.05, 0.1) is 0 Å². The number of fused-ring (bicyclic) bond motifs is 1. The molecule has 1 N–H and O–H groups in total. The van der Waals surface area contributed by atoms with E-state index >= 15 is 0 Å². The van der Waals surface area contributed by atoms with E-state index in [0.717, 1.165) is 34.7 Å². The molecule has 154 valence electrons. The zero-order valence-corrected chi connectivity index (χ0v) is 17.4. The number of aromatic amines is 1. The summed E-state index contributed by atoms with van der Waals surface area (Å²) < 4.78 is 6.61. The van der Waals surface area contributed by atoms with Crippen molar-refractivity contribution in [1.29, 1.82) is 0 Å². The average molecular weight is 409 g/mol. The fourth-order valence-electron chi connectivity index (χ4n) is 4.51. The molecule has 1 aliphatic rings. The van der Waals surface area contributed by atoms with Gasteiger partial charge in [0.2, 0.25) is 0 Å². The number of benzene rings is 3. The van der Waals surface area contributed by atoms with E-state index in [2.05, 4.69) is 34.2 Å². The molecule has 1 aliphatic carbocycles. The first kappa shape index (κ1) is 19.3. The number of ether oxygens (including phenoxy) is 1. The van der Waals surface area contributed by atoms with Gasteiger partial charge < -0.3 is 9.72 Å². The van der Waals surface area contributed by atoms with Crippen LogP contribution in [-0.4, -0.2) is 15.8 Å². The Labute approximate surface area is 181 Å². The van der Waals surface area contributed by atoms with Crippen LogP contribution in [0, 0.1) is 0 Å². The number of nitrogens with zero attached hydrogens (tertiary/aromatic N) is 1.